The minimum atomic E-state index is -4.11. The summed E-state index contributed by atoms with van der Waals surface area (Å²) in [5.41, 5.74) is 2.00. The van der Waals surface area contributed by atoms with Crippen molar-refractivity contribution in [1.82, 2.24) is 10.2 Å². The van der Waals surface area contributed by atoms with Gasteiger partial charge in [-0.05, 0) is 74.1 Å². The molecule has 1 N–H and O–H groups in total. The van der Waals surface area contributed by atoms with Crippen LogP contribution in [0.15, 0.2) is 83.8 Å². The fourth-order valence-electron chi connectivity index (χ4n) is 5.40. The summed E-state index contributed by atoms with van der Waals surface area (Å²) in [7, 11) is -4.11. The molecule has 1 unspecified atom stereocenters. The highest BCUT2D eigenvalue weighted by Crippen LogP contribution is 2.29. The molecule has 9 heteroatoms. The summed E-state index contributed by atoms with van der Waals surface area (Å²) in [6, 6.07) is 22.1. The molecule has 0 spiro atoms. The van der Waals surface area contributed by atoms with E-state index >= 15 is 0 Å². The fraction of sp³-hybridized carbons (Fsp3) is 0.375. The van der Waals surface area contributed by atoms with E-state index in [2.05, 4.69) is 5.32 Å². The molecule has 0 radical (unpaired) electrons. The molecular weight excluding hydrogens is 558 g/mol. The molecule has 1 fully saturated rings. The highest BCUT2D eigenvalue weighted by atomic mass is 35.5. The van der Waals surface area contributed by atoms with Crippen molar-refractivity contribution >= 4 is 39.1 Å². The summed E-state index contributed by atoms with van der Waals surface area (Å²) in [4.78, 5) is 29.3. The van der Waals surface area contributed by atoms with Crippen LogP contribution in [0.25, 0.3) is 0 Å². The van der Waals surface area contributed by atoms with Gasteiger partial charge in [0.05, 0.1) is 10.6 Å². The first-order valence-corrected chi connectivity index (χ1v) is 16.0. The van der Waals surface area contributed by atoms with Crippen LogP contribution in [-0.2, 0) is 26.0 Å². The second-order valence-corrected chi connectivity index (χ2v) is 12.8. The van der Waals surface area contributed by atoms with Crippen LogP contribution in [0.1, 0.15) is 50.2 Å². The topological polar surface area (TPSA) is 86.8 Å². The molecule has 0 heterocycles. The van der Waals surface area contributed by atoms with E-state index in [4.69, 9.17) is 11.6 Å². The summed E-state index contributed by atoms with van der Waals surface area (Å²) >= 11 is 6.19. The minimum absolute atomic E-state index is 0.0732. The number of sulfonamides is 1. The van der Waals surface area contributed by atoms with Gasteiger partial charge in [0.1, 0.15) is 12.6 Å². The Morgan fingerprint density at radius 3 is 2.22 bits per heavy atom. The molecule has 7 nitrogen and oxygen atoms in total. The van der Waals surface area contributed by atoms with E-state index in [0.29, 0.717) is 29.1 Å². The second kappa shape index (κ2) is 14.0. The molecule has 0 aromatic heterocycles. The zero-order valence-corrected chi connectivity index (χ0v) is 25.2. The van der Waals surface area contributed by atoms with Gasteiger partial charge in [-0.2, -0.15) is 0 Å². The first-order chi connectivity index (χ1) is 19.7. The van der Waals surface area contributed by atoms with Crippen molar-refractivity contribution in [2.45, 2.75) is 69.4 Å². The predicted molar refractivity (Wildman–Crippen MR) is 163 cm³/mol. The average Bonchev–Trinajstić information content (AvgIpc) is 3.48. The second-order valence-electron chi connectivity index (χ2n) is 10.5. The van der Waals surface area contributed by atoms with E-state index in [-0.39, 0.29) is 23.4 Å². The number of carbonyl (C=O) groups excluding carboxylic acids is 2. The molecule has 0 saturated heterocycles. The molecule has 218 valence electrons. The molecule has 3 aromatic carbocycles. The van der Waals surface area contributed by atoms with Gasteiger partial charge in [-0.25, -0.2) is 8.42 Å². The molecule has 0 aliphatic heterocycles. The van der Waals surface area contributed by atoms with Gasteiger partial charge >= 0.3 is 0 Å². The molecular formula is C32H38ClN3O4S. The van der Waals surface area contributed by atoms with Gasteiger partial charge in [-0.1, -0.05) is 79.9 Å². The first kappa shape index (κ1) is 30.6. The Balaban J connectivity index is 1.69. The number of benzene rings is 3. The van der Waals surface area contributed by atoms with Gasteiger partial charge in [-0.15, -0.1) is 0 Å². The third-order valence-corrected chi connectivity index (χ3v) is 9.62. The van der Waals surface area contributed by atoms with Crippen molar-refractivity contribution in [2.75, 3.05) is 17.4 Å². The molecule has 1 aliphatic carbocycles. The number of rotatable bonds is 12. The largest absolute Gasteiger partial charge is 0.352 e. The zero-order valence-electron chi connectivity index (χ0n) is 23.6. The number of nitrogens with zero attached hydrogens (tertiary/aromatic N) is 2. The Bertz CT molecular complexity index is 1430. The molecule has 4 rings (SSSR count). The molecule has 1 saturated carbocycles. The minimum Gasteiger partial charge on any atom is -0.352 e. The van der Waals surface area contributed by atoms with Gasteiger partial charge < -0.3 is 10.2 Å². The summed E-state index contributed by atoms with van der Waals surface area (Å²) in [6.07, 6.45) is 4.95. The lowest BCUT2D eigenvalue weighted by atomic mass is 10.1. The Morgan fingerprint density at radius 1 is 0.976 bits per heavy atom. The van der Waals surface area contributed by atoms with Crippen LogP contribution in [0.4, 0.5) is 5.69 Å². The van der Waals surface area contributed by atoms with Gasteiger partial charge in [0.2, 0.25) is 11.8 Å². The van der Waals surface area contributed by atoms with Crippen molar-refractivity contribution in [1.29, 1.82) is 0 Å². The molecule has 2 amide bonds. The van der Waals surface area contributed by atoms with Gasteiger partial charge in [0.25, 0.3) is 10.0 Å². The van der Waals surface area contributed by atoms with Crippen LogP contribution in [0.3, 0.4) is 0 Å². The number of carbonyl (C=O) groups is 2. The lowest BCUT2D eigenvalue weighted by Gasteiger charge is -2.34. The Morgan fingerprint density at radius 2 is 1.61 bits per heavy atom. The van der Waals surface area contributed by atoms with E-state index in [1.165, 1.54) is 12.1 Å². The lowest BCUT2D eigenvalue weighted by molar-refractivity contribution is -0.139. The number of anilines is 1. The third-order valence-electron chi connectivity index (χ3n) is 7.61. The normalized spacial score (nSPS) is 14.4. The van der Waals surface area contributed by atoms with E-state index < -0.39 is 28.5 Å². The van der Waals surface area contributed by atoms with Crippen molar-refractivity contribution < 1.29 is 18.0 Å². The summed E-state index contributed by atoms with van der Waals surface area (Å²) in [5.74, 6) is -0.635. The molecule has 41 heavy (non-hydrogen) atoms. The summed E-state index contributed by atoms with van der Waals surface area (Å²) in [6.45, 7) is 3.46. The third kappa shape index (κ3) is 7.68. The predicted octanol–water partition coefficient (Wildman–Crippen LogP) is 5.75. The van der Waals surface area contributed by atoms with Crippen molar-refractivity contribution in [3.8, 4) is 0 Å². The SMILES string of the molecule is CCC(C(=O)NC1CCCC1)N(CCc1ccccc1)C(=O)CN(c1ccc(Cl)cc1C)S(=O)(=O)c1ccccc1. The fourth-order valence-corrected chi connectivity index (χ4v) is 7.12. The zero-order chi connectivity index (χ0) is 29.4. The van der Waals surface area contributed by atoms with E-state index in [1.807, 2.05) is 37.3 Å². The Labute approximate surface area is 248 Å². The van der Waals surface area contributed by atoms with Crippen molar-refractivity contribution in [3.05, 3.63) is 95.0 Å². The monoisotopic (exact) mass is 595 g/mol. The standard InChI is InChI=1S/C32H38ClN3O4S/c1-3-29(32(38)34-27-14-10-11-15-27)35(21-20-25-12-6-4-7-13-25)31(37)23-36(30-19-18-26(33)22-24(30)2)41(39,40)28-16-8-5-9-17-28/h4-9,12-13,16-19,22,27,29H,3,10-11,14-15,20-21,23H2,1-2H3,(H,34,38). The summed E-state index contributed by atoms with van der Waals surface area (Å²) < 4.78 is 29.0. The average molecular weight is 596 g/mol. The first-order valence-electron chi connectivity index (χ1n) is 14.2. The Kier molecular flexibility index (Phi) is 10.5. The van der Waals surface area contributed by atoms with E-state index in [9.17, 15) is 18.0 Å². The van der Waals surface area contributed by atoms with Gasteiger partial charge in [-0.3, -0.25) is 13.9 Å². The van der Waals surface area contributed by atoms with Crippen LogP contribution in [0, 0.1) is 6.92 Å². The number of nitrogens with one attached hydrogen (secondary N) is 1. The van der Waals surface area contributed by atoms with Gasteiger partial charge in [0.15, 0.2) is 0 Å². The maximum Gasteiger partial charge on any atom is 0.264 e. The molecule has 3 aromatic rings. The van der Waals surface area contributed by atoms with Crippen LogP contribution in [0.5, 0.6) is 0 Å². The van der Waals surface area contributed by atoms with E-state index in [0.717, 1.165) is 35.6 Å². The van der Waals surface area contributed by atoms with Crippen LogP contribution in [-0.4, -0.2) is 50.3 Å². The Hall–Kier alpha value is -3.36. The van der Waals surface area contributed by atoms with Crippen LogP contribution in [0.2, 0.25) is 5.02 Å². The number of hydrogen-bond acceptors (Lipinski definition) is 4. The van der Waals surface area contributed by atoms with Crippen LogP contribution >= 0.6 is 11.6 Å². The highest BCUT2D eigenvalue weighted by molar-refractivity contribution is 7.92. The maximum atomic E-state index is 14.2. The highest BCUT2D eigenvalue weighted by Gasteiger charge is 2.34. The lowest BCUT2D eigenvalue weighted by Crippen LogP contribution is -2.54. The molecule has 1 aliphatic rings. The number of halogens is 1. The maximum absolute atomic E-state index is 14.2. The number of aryl methyl sites for hydroxylation is 1. The van der Waals surface area contributed by atoms with Gasteiger partial charge in [0, 0.05) is 17.6 Å². The number of hydrogen-bond donors (Lipinski definition) is 1. The summed E-state index contributed by atoms with van der Waals surface area (Å²) in [5, 5.41) is 3.61. The van der Waals surface area contributed by atoms with E-state index in [1.54, 1.807) is 48.2 Å². The molecule has 0 bridgehead atoms. The molecule has 1 atom stereocenters. The van der Waals surface area contributed by atoms with Crippen molar-refractivity contribution in [2.24, 2.45) is 0 Å². The van der Waals surface area contributed by atoms with Crippen molar-refractivity contribution in [3.63, 3.8) is 0 Å². The number of amides is 2. The quantitative estimate of drug-likeness (QED) is 0.289. The van der Waals surface area contributed by atoms with Crippen LogP contribution < -0.4 is 9.62 Å². The smallest absolute Gasteiger partial charge is 0.264 e.